The summed E-state index contributed by atoms with van der Waals surface area (Å²) < 4.78 is 1.84. The molecule has 8 heteroatoms. The molecule has 1 saturated heterocycles. The standard InChI is InChI=1S/C14H18N8/c1-21-8-11(5-18-21)22-4-2-3-10(7-22)19-13-12-6-17-20-14(12)16-9-15-13/h5-6,8-10H,2-4,7H2,1H3,(H2,15,16,17,19,20). The van der Waals surface area contributed by atoms with Crippen molar-refractivity contribution in [2.75, 3.05) is 23.3 Å². The summed E-state index contributed by atoms with van der Waals surface area (Å²) in [6.07, 6.45) is 9.57. The van der Waals surface area contributed by atoms with Crippen LogP contribution in [-0.2, 0) is 7.05 Å². The molecule has 3 aromatic heterocycles. The van der Waals surface area contributed by atoms with Gasteiger partial charge in [0.2, 0.25) is 0 Å². The molecule has 0 saturated carbocycles. The normalized spacial score (nSPS) is 18.8. The summed E-state index contributed by atoms with van der Waals surface area (Å²) in [7, 11) is 1.94. The van der Waals surface area contributed by atoms with Gasteiger partial charge >= 0.3 is 0 Å². The molecule has 0 spiro atoms. The van der Waals surface area contributed by atoms with Gasteiger partial charge in [0.05, 0.1) is 23.5 Å². The summed E-state index contributed by atoms with van der Waals surface area (Å²) in [5.41, 5.74) is 1.93. The van der Waals surface area contributed by atoms with Crippen LogP contribution < -0.4 is 10.2 Å². The van der Waals surface area contributed by atoms with Gasteiger partial charge in [-0.1, -0.05) is 0 Å². The summed E-state index contributed by atoms with van der Waals surface area (Å²) in [6, 6.07) is 0.349. The lowest BCUT2D eigenvalue weighted by Gasteiger charge is -2.34. The highest BCUT2D eigenvalue weighted by Gasteiger charge is 2.22. The molecule has 0 amide bonds. The summed E-state index contributed by atoms with van der Waals surface area (Å²) >= 11 is 0. The fourth-order valence-corrected chi connectivity index (χ4v) is 2.97. The Morgan fingerprint density at radius 1 is 1.32 bits per heavy atom. The lowest BCUT2D eigenvalue weighted by atomic mass is 10.1. The third-order valence-corrected chi connectivity index (χ3v) is 4.07. The van der Waals surface area contributed by atoms with E-state index >= 15 is 0 Å². The Morgan fingerprint density at radius 3 is 3.14 bits per heavy atom. The molecule has 1 aliphatic heterocycles. The van der Waals surface area contributed by atoms with Crippen LogP contribution in [0.5, 0.6) is 0 Å². The lowest BCUT2D eigenvalue weighted by molar-refractivity contribution is 0.529. The van der Waals surface area contributed by atoms with Gasteiger partial charge < -0.3 is 10.2 Å². The molecule has 114 valence electrons. The van der Waals surface area contributed by atoms with Crippen molar-refractivity contribution in [3.63, 3.8) is 0 Å². The van der Waals surface area contributed by atoms with Crippen LogP contribution in [0.15, 0.2) is 24.9 Å². The number of fused-ring (bicyclic) bond motifs is 1. The predicted molar refractivity (Wildman–Crippen MR) is 83.7 cm³/mol. The van der Waals surface area contributed by atoms with Crippen molar-refractivity contribution in [2.45, 2.75) is 18.9 Å². The minimum absolute atomic E-state index is 0.349. The topological polar surface area (TPSA) is 87.5 Å². The molecular weight excluding hydrogens is 280 g/mol. The maximum Gasteiger partial charge on any atom is 0.160 e. The Labute approximate surface area is 127 Å². The number of aromatic nitrogens is 6. The molecular formula is C14H18N8. The molecule has 1 unspecified atom stereocenters. The smallest absolute Gasteiger partial charge is 0.160 e. The SMILES string of the molecule is Cn1cc(N2CCCC(Nc3ncnc4[nH]ncc34)C2)cn1. The number of nitrogens with one attached hydrogen (secondary N) is 2. The number of hydrogen-bond donors (Lipinski definition) is 2. The van der Waals surface area contributed by atoms with Crippen LogP contribution in [-0.4, -0.2) is 49.1 Å². The Bertz CT molecular complexity index is 776. The quantitative estimate of drug-likeness (QED) is 0.754. The van der Waals surface area contributed by atoms with Crippen molar-refractivity contribution < 1.29 is 0 Å². The van der Waals surface area contributed by atoms with Crippen LogP contribution in [0.2, 0.25) is 0 Å². The first-order valence-corrected chi connectivity index (χ1v) is 7.44. The largest absolute Gasteiger partial charge is 0.367 e. The van der Waals surface area contributed by atoms with Crippen molar-refractivity contribution >= 4 is 22.5 Å². The summed E-state index contributed by atoms with van der Waals surface area (Å²) in [4.78, 5) is 10.9. The second-order valence-corrected chi connectivity index (χ2v) is 5.66. The molecule has 0 radical (unpaired) electrons. The fraction of sp³-hybridized carbons (Fsp3) is 0.429. The molecule has 4 heterocycles. The second-order valence-electron chi connectivity index (χ2n) is 5.66. The van der Waals surface area contributed by atoms with E-state index in [4.69, 9.17) is 0 Å². The van der Waals surface area contributed by atoms with Crippen LogP contribution in [0.3, 0.4) is 0 Å². The van der Waals surface area contributed by atoms with Gasteiger partial charge in [-0.05, 0) is 12.8 Å². The van der Waals surface area contributed by atoms with Crippen LogP contribution in [0.1, 0.15) is 12.8 Å². The number of rotatable bonds is 3. The zero-order valence-electron chi connectivity index (χ0n) is 12.4. The summed E-state index contributed by atoms with van der Waals surface area (Å²) in [5.74, 6) is 0.844. The highest BCUT2D eigenvalue weighted by atomic mass is 15.3. The van der Waals surface area contributed by atoms with E-state index in [-0.39, 0.29) is 0 Å². The number of H-pyrrole nitrogens is 1. The van der Waals surface area contributed by atoms with E-state index in [2.05, 4.69) is 41.7 Å². The van der Waals surface area contributed by atoms with E-state index in [0.29, 0.717) is 6.04 Å². The zero-order valence-corrected chi connectivity index (χ0v) is 12.4. The molecule has 3 aromatic rings. The van der Waals surface area contributed by atoms with E-state index in [1.807, 2.05) is 17.9 Å². The molecule has 4 rings (SSSR count). The summed E-state index contributed by atoms with van der Waals surface area (Å²) in [6.45, 7) is 2.00. The molecule has 22 heavy (non-hydrogen) atoms. The molecule has 0 bridgehead atoms. The van der Waals surface area contributed by atoms with Gasteiger partial charge in [0.1, 0.15) is 12.1 Å². The van der Waals surface area contributed by atoms with Gasteiger partial charge in [0, 0.05) is 32.4 Å². The van der Waals surface area contributed by atoms with Gasteiger partial charge in [-0.15, -0.1) is 0 Å². The summed E-state index contributed by atoms with van der Waals surface area (Å²) in [5, 5.41) is 15.6. The molecule has 1 aliphatic rings. The average molecular weight is 298 g/mol. The Morgan fingerprint density at radius 2 is 2.27 bits per heavy atom. The maximum atomic E-state index is 4.36. The van der Waals surface area contributed by atoms with E-state index in [9.17, 15) is 0 Å². The molecule has 0 aromatic carbocycles. The average Bonchev–Trinajstić information content (AvgIpc) is 3.17. The third kappa shape index (κ3) is 2.36. The Hall–Kier alpha value is -2.64. The van der Waals surface area contributed by atoms with Crippen molar-refractivity contribution in [1.82, 2.24) is 29.9 Å². The van der Waals surface area contributed by atoms with Gasteiger partial charge in [0.25, 0.3) is 0 Å². The number of nitrogens with zero attached hydrogens (tertiary/aromatic N) is 6. The monoisotopic (exact) mass is 298 g/mol. The van der Waals surface area contributed by atoms with Gasteiger partial charge in [-0.25, -0.2) is 9.97 Å². The first-order valence-electron chi connectivity index (χ1n) is 7.44. The van der Waals surface area contributed by atoms with E-state index in [0.717, 1.165) is 42.8 Å². The highest BCUT2D eigenvalue weighted by Crippen LogP contribution is 2.23. The number of aryl methyl sites for hydroxylation is 1. The molecule has 1 fully saturated rings. The van der Waals surface area contributed by atoms with Gasteiger partial charge in [0.15, 0.2) is 5.65 Å². The van der Waals surface area contributed by atoms with Crippen LogP contribution in [0.4, 0.5) is 11.5 Å². The van der Waals surface area contributed by atoms with Crippen molar-refractivity contribution in [2.24, 2.45) is 7.05 Å². The van der Waals surface area contributed by atoms with Crippen molar-refractivity contribution in [3.05, 3.63) is 24.9 Å². The Balaban J connectivity index is 1.52. The van der Waals surface area contributed by atoms with E-state index in [1.54, 1.807) is 12.5 Å². The molecule has 1 atom stereocenters. The Kier molecular flexibility index (Phi) is 3.14. The maximum absolute atomic E-state index is 4.36. The number of hydrogen-bond acceptors (Lipinski definition) is 6. The van der Waals surface area contributed by atoms with Crippen molar-refractivity contribution in [3.8, 4) is 0 Å². The van der Waals surface area contributed by atoms with Gasteiger partial charge in [-0.3, -0.25) is 9.78 Å². The van der Waals surface area contributed by atoms with Gasteiger partial charge in [-0.2, -0.15) is 10.2 Å². The van der Waals surface area contributed by atoms with E-state index < -0.39 is 0 Å². The number of aromatic amines is 1. The van der Waals surface area contributed by atoms with Crippen LogP contribution in [0.25, 0.3) is 11.0 Å². The molecule has 8 nitrogen and oxygen atoms in total. The second kappa shape index (κ2) is 5.28. The first kappa shape index (κ1) is 13.1. The van der Waals surface area contributed by atoms with Crippen LogP contribution >= 0.6 is 0 Å². The van der Waals surface area contributed by atoms with Crippen LogP contribution in [0, 0.1) is 0 Å². The first-order chi connectivity index (χ1) is 10.8. The lowest BCUT2D eigenvalue weighted by Crippen LogP contribution is -2.42. The predicted octanol–water partition coefficient (Wildman–Crippen LogP) is 1.17. The highest BCUT2D eigenvalue weighted by molar-refractivity contribution is 5.85. The minimum atomic E-state index is 0.349. The molecule has 0 aliphatic carbocycles. The third-order valence-electron chi connectivity index (χ3n) is 4.07. The number of piperidine rings is 1. The van der Waals surface area contributed by atoms with Crippen molar-refractivity contribution in [1.29, 1.82) is 0 Å². The molecule has 2 N–H and O–H groups in total. The minimum Gasteiger partial charge on any atom is -0.367 e. The number of anilines is 2. The zero-order chi connectivity index (χ0) is 14.9. The fourth-order valence-electron chi connectivity index (χ4n) is 2.97. The van der Waals surface area contributed by atoms with E-state index in [1.165, 1.54) is 5.69 Å².